The van der Waals surface area contributed by atoms with Crippen LogP contribution in [0.25, 0.3) is 11.1 Å². The highest BCUT2D eigenvalue weighted by Crippen LogP contribution is 2.32. The monoisotopic (exact) mass is 309 g/mol. The third-order valence-corrected chi connectivity index (χ3v) is 3.39. The van der Waals surface area contributed by atoms with Crippen LogP contribution in [0.1, 0.15) is 5.56 Å². The lowest BCUT2D eigenvalue weighted by molar-refractivity contribution is 0.414. The molecule has 0 aliphatic rings. The Hall–Kier alpha value is -1.39. The minimum absolute atomic E-state index is 0.280. The van der Waals surface area contributed by atoms with E-state index in [-0.39, 0.29) is 5.82 Å². The Morgan fingerprint density at radius 1 is 1.22 bits per heavy atom. The van der Waals surface area contributed by atoms with Crippen molar-refractivity contribution in [3.05, 3.63) is 52.3 Å². The van der Waals surface area contributed by atoms with Crippen LogP contribution in [0.15, 0.2) is 40.9 Å². The van der Waals surface area contributed by atoms with Crippen LogP contribution < -0.4 is 10.5 Å². The van der Waals surface area contributed by atoms with Crippen molar-refractivity contribution < 1.29 is 9.13 Å². The van der Waals surface area contributed by atoms with Gasteiger partial charge < -0.3 is 10.5 Å². The second kappa shape index (κ2) is 5.50. The van der Waals surface area contributed by atoms with Gasteiger partial charge in [0.1, 0.15) is 11.6 Å². The predicted octanol–water partition coefficient (Wildman–Crippen LogP) is 3.72. The Balaban J connectivity index is 2.60. The average Bonchev–Trinajstić information content (AvgIpc) is 2.41. The molecule has 0 saturated carbocycles. The summed E-state index contributed by atoms with van der Waals surface area (Å²) < 4.78 is 19.7. The molecule has 2 aromatic rings. The molecule has 0 atom stereocenters. The number of nitrogens with two attached hydrogens (primary N) is 1. The zero-order valence-electron chi connectivity index (χ0n) is 9.91. The number of hydrogen-bond donors (Lipinski definition) is 1. The second-order valence-electron chi connectivity index (χ2n) is 3.83. The lowest BCUT2D eigenvalue weighted by atomic mass is 9.99. The minimum atomic E-state index is -0.280. The van der Waals surface area contributed by atoms with Gasteiger partial charge in [0.25, 0.3) is 0 Å². The molecule has 0 bridgehead atoms. The van der Waals surface area contributed by atoms with E-state index >= 15 is 0 Å². The summed E-state index contributed by atoms with van der Waals surface area (Å²) in [6.07, 6.45) is 0. The van der Waals surface area contributed by atoms with E-state index in [9.17, 15) is 4.39 Å². The van der Waals surface area contributed by atoms with Crippen molar-refractivity contribution in [1.82, 2.24) is 0 Å². The van der Waals surface area contributed by atoms with Crippen molar-refractivity contribution in [3.8, 4) is 16.9 Å². The van der Waals surface area contributed by atoms with Gasteiger partial charge in [0, 0.05) is 12.1 Å². The molecule has 0 radical (unpaired) electrons. The van der Waals surface area contributed by atoms with Crippen molar-refractivity contribution in [3.63, 3.8) is 0 Å². The van der Waals surface area contributed by atoms with Crippen molar-refractivity contribution in [2.24, 2.45) is 5.73 Å². The Morgan fingerprint density at radius 3 is 2.67 bits per heavy atom. The molecule has 0 fully saturated rings. The Kier molecular flexibility index (Phi) is 3.99. The summed E-state index contributed by atoms with van der Waals surface area (Å²) in [5.41, 5.74) is 7.89. The quantitative estimate of drug-likeness (QED) is 0.937. The third kappa shape index (κ3) is 2.40. The summed E-state index contributed by atoms with van der Waals surface area (Å²) in [7, 11) is 1.59. The van der Waals surface area contributed by atoms with E-state index in [0.29, 0.717) is 16.6 Å². The van der Waals surface area contributed by atoms with Gasteiger partial charge >= 0.3 is 0 Å². The maximum absolute atomic E-state index is 14.1. The number of rotatable bonds is 3. The van der Waals surface area contributed by atoms with E-state index in [1.54, 1.807) is 31.4 Å². The van der Waals surface area contributed by atoms with Gasteiger partial charge in [-0.05, 0) is 45.3 Å². The molecule has 0 unspecified atom stereocenters. The normalized spacial score (nSPS) is 10.4. The zero-order valence-corrected chi connectivity index (χ0v) is 11.5. The van der Waals surface area contributed by atoms with Gasteiger partial charge in [-0.3, -0.25) is 0 Å². The smallest absolute Gasteiger partial charge is 0.145 e. The summed E-state index contributed by atoms with van der Waals surface area (Å²) in [4.78, 5) is 0. The number of hydrogen-bond acceptors (Lipinski definition) is 2. The molecular formula is C14H13BrFNO. The van der Waals surface area contributed by atoms with Crippen molar-refractivity contribution in [1.29, 1.82) is 0 Å². The average molecular weight is 310 g/mol. The van der Waals surface area contributed by atoms with Crippen LogP contribution in [0.2, 0.25) is 0 Å². The molecule has 0 saturated heterocycles. The lowest BCUT2D eigenvalue weighted by Crippen LogP contribution is -2.00. The van der Waals surface area contributed by atoms with E-state index in [1.165, 1.54) is 0 Å². The molecule has 94 valence electrons. The molecule has 0 aliphatic heterocycles. The van der Waals surface area contributed by atoms with Gasteiger partial charge in [-0.2, -0.15) is 0 Å². The largest absolute Gasteiger partial charge is 0.497 e. The molecule has 0 aliphatic carbocycles. The fraction of sp³-hybridized carbons (Fsp3) is 0.143. The highest BCUT2D eigenvalue weighted by atomic mass is 79.9. The number of benzene rings is 2. The first-order chi connectivity index (χ1) is 8.67. The number of halogens is 2. The van der Waals surface area contributed by atoms with E-state index in [4.69, 9.17) is 10.5 Å². The first kappa shape index (κ1) is 13.1. The van der Waals surface area contributed by atoms with E-state index < -0.39 is 0 Å². The van der Waals surface area contributed by atoms with Gasteiger partial charge in [0.2, 0.25) is 0 Å². The Bertz CT molecular complexity index is 572. The highest BCUT2D eigenvalue weighted by Gasteiger charge is 2.12. The fourth-order valence-electron chi connectivity index (χ4n) is 1.84. The Morgan fingerprint density at radius 2 is 2.00 bits per heavy atom. The molecule has 0 spiro atoms. The second-order valence-corrected chi connectivity index (χ2v) is 4.68. The van der Waals surface area contributed by atoms with Gasteiger partial charge in [-0.15, -0.1) is 0 Å². The molecule has 2 nitrogen and oxygen atoms in total. The minimum Gasteiger partial charge on any atom is -0.497 e. The van der Waals surface area contributed by atoms with Crippen LogP contribution in [-0.2, 0) is 6.54 Å². The van der Waals surface area contributed by atoms with Crippen LogP contribution >= 0.6 is 15.9 Å². The van der Waals surface area contributed by atoms with Gasteiger partial charge in [0.05, 0.1) is 11.6 Å². The van der Waals surface area contributed by atoms with Gasteiger partial charge in [-0.1, -0.05) is 18.2 Å². The topological polar surface area (TPSA) is 35.2 Å². The standard InChI is InChI=1S/C14H13BrFNO/c1-18-10-5-6-11(9(7-10)8-17)12-3-2-4-13(15)14(12)16/h2-7H,8,17H2,1H3. The first-order valence-corrected chi connectivity index (χ1v) is 6.28. The van der Waals surface area contributed by atoms with Crippen molar-refractivity contribution in [2.75, 3.05) is 7.11 Å². The zero-order chi connectivity index (χ0) is 13.1. The van der Waals surface area contributed by atoms with E-state index in [1.807, 2.05) is 12.1 Å². The SMILES string of the molecule is COc1ccc(-c2cccc(Br)c2F)c(CN)c1. The maximum Gasteiger partial charge on any atom is 0.145 e. The molecule has 4 heteroatoms. The summed E-state index contributed by atoms with van der Waals surface area (Å²) in [6, 6.07) is 10.7. The van der Waals surface area contributed by atoms with Gasteiger partial charge in [0.15, 0.2) is 0 Å². The van der Waals surface area contributed by atoms with Crippen molar-refractivity contribution in [2.45, 2.75) is 6.54 Å². The van der Waals surface area contributed by atoms with Crippen molar-refractivity contribution >= 4 is 15.9 Å². The summed E-state index contributed by atoms with van der Waals surface area (Å²) in [5, 5.41) is 0. The number of ether oxygens (including phenoxy) is 1. The molecule has 0 aromatic heterocycles. The first-order valence-electron chi connectivity index (χ1n) is 5.48. The molecule has 2 aromatic carbocycles. The van der Waals surface area contributed by atoms with Crippen LogP contribution in [0.5, 0.6) is 5.75 Å². The number of methoxy groups -OCH3 is 1. The summed E-state index contributed by atoms with van der Waals surface area (Å²) in [6.45, 7) is 0.332. The van der Waals surface area contributed by atoms with E-state index in [0.717, 1.165) is 16.9 Å². The highest BCUT2D eigenvalue weighted by molar-refractivity contribution is 9.10. The van der Waals surface area contributed by atoms with E-state index in [2.05, 4.69) is 15.9 Å². The van der Waals surface area contributed by atoms with Crippen LogP contribution in [0.3, 0.4) is 0 Å². The molecule has 0 heterocycles. The van der Waals surface area contributed by atoms with Gasteiger partial charge in [-0.25, -0.2) is 4.39 Å². The van der Waals surface area contributed by atoms with Crippen LogP contribution in [-0.4, -0.2) is 7.11 Å². The van der Waals surface area contributed by atoms with Crippen LogP contribution in [0.4, 0.5) is 4.39 Å². The molecule has 18 heavy (non-hydrogen) atoms. The summed E-state index contributed by atoms with van der Waals surface area (Å²) in [5.74, 6) is 0.437. The predicted molar refractivity (Wildman–Crippen MR) is 74.0 cm³/mol. The summed E-state index contributed by atoms with van der Waals surface area (Å²) >= 11 is 3.19. The Labute approximate surface area is 114 Å². The molecule has 0 amide bonds. The van der Waals surface area contributed by atoms with Crippen LogP contribution in [0, 0.1) is 5.82 Å². The molecular weight excluding hydrogens is 297 g/mol. The molecule has 2 N–H and O–H groups in total. The maximum atomic E-state index is 14.1. The lowest BCUT2D eigenvalue weighted by Gasteiger charge is -2.11. The molecule has 2 rings (SSSR count). The fourth-order valence-corrected chi connectivity index (χ4v) is 2.21. The third-order valence-electron chi connectivity index (χ3n) is 2.77.